The second-order valence-electron chi connectivity index (χ2n) is 4.41. The van der Waals surface area contributed by atoms with E-state index in [9.17, 15) is 0 Å². The lowest BCUT2D eigenvalue weighted by Crippen LogP contribution is -2.49. The topological polar surface area (TPSA) is 71.6 Å². The van der Waals surface area contributed by atoms with Gasteiger partial charge in [0.1, 0.15) is 10.8 Å². The van der Waals surface area contributed by atoms with Gasteiger partial charge in [0.15, 0.2) is 0 Å². The molecule has 1 saturated heterocycles. The molecule has 1 aromatic heterocycles. The van der Waals surface area contributed by atoms with Crippen LogP contribution in [0.2, 0.25) is 0 Å². The molecule has 1 aliphatic rings. The van der Waals surface area contributed by atoms with Crippen molar-refractivity contribution in [3.05, 3.63) is 23.9 Å². The minimum Gasteiger partial charge on any atom is -0.394 e. The Morgan fingerprint density at radius 2 is 2.44 bits per heavy atom. The Bertz CT molecular complexity index is 424. The number of thiocarbonyl (C=S) groups is 1. The molecule has 0 aromatic carbocycles. The molecule has 1 aliphatic heterocycles. The molecule has 0 bridgehead atoms. The molecule has 0 spiro atoms. The van der Waals surface area contributed by atoms with Gasteiger partial charge in [0.2, 0.25) is 0 Å². The Hall–Kier alpha value is -1.24. The number of hydrogen-bond donors (Lipinski definition) is 2. The van der Waals surface area contributed by atoms with Crippen molar-refractivity contribution in [1.29, 1.82) is 0 Å². The second-order valence-corrected chi connectivity index (χ2v) is 4.85. The zero-order chi connectivity index (χ0) is 13.1. The van der Waals surface area contributed by atoms with E-state index in [4.69, 9.17) is 27.8 Å². The molecular formula is C12H17N3O2S. The molecule has 1 fully saturated rings. The van der Waals surface area contributed by atoms with Gasteiger partial charge in [-0.25, -0.2) is 4.98 Å². The molecule has 98 valence electrons. The summed E-state index contributed by atoms with van der Waals surface area (Å²) in [4.78, 5) is 6.83. The van der Waals surface area contributed by atoms with Crippen LogP contribution >= 0.6 is 12.2 Å². The summed E-state index contributed by atoms with van der Waals surface area (Å²) in [5.74, 6) is 0.851. The van der Waals surface area contributed by atoms with Crippen molar-refractivity contribution in [3.63, 3.8) is 0 Å². The number of anilines is 1. The number of aliphatic hydroxyl groups is 1. The Morgan fingerprint density at radius 3 is 3.00 bits per heavy atom. The van der Waals surface area contributed by atoms with Crippen molar-refractivity contribution in [2.24, 2.45) is 5.73 Å². The van der Waals surface area contributed by atoms with E-state index in [0.29, 0.717) is 18.1 Å². The third-order valence-electron chi connectivity index (χ3n) is 3.04. The highest BCUT2D eigenvalue weighted by molar-refractivity contribution is 7.80. The fraction of sp³-hybridized carbons (Fsp3) is 0.500. The predicted molar refractivity (Wildman–Crippen MR) is 73.8 cm³/mol. The van der Waals surface area contributed by atoms with Crippen LogP contribution in [0.4, 0.5) is 5.82 Å². The van der Waals surface area contributed by atoms with Gasteiger partial charge in [-0.15, -0.1) is 0 Å². The average molecular weight is 267 g/mol. The van der Waals surface area contributed by atoms with Gasteiger partial charge in [-0.3, -0.25) is 0 Å². The number of nitrogens with two attached hydrogens (primary N) is 1. The van der Waals surface area contributed by atoms with Crippen LogP contribution in [0, 0.1) is 0 Å². The Labute approximate surface area is 112 Å². The van der Waals surface area contributed by atoms with E-state index in [0.717, 1.165) is 11.4 Å². The molecule has 6 heteroatoms. The molecule has 0 aliphatic carbocycles. The number of ether oxygens (including phenoxy) is 1. The van der Waals surface area contributed by atoms with Gasteiger partial charge < -0.3 is 20.5 Å². The maximum atomic E-state index is 9.15. The van der Waals surface area contributed by atoms with Crippen LogP contribution in [0.5, 0.6) is 0 Å². The van der Waals surface area contributed by atoms with Crippen LogP contribution in [0.3, 0.4) is 0 Å². The highest BCUT2D eigenvalue weighted by atomic mass is 32.1. The number of aliphatic hydroxyl groups excluding tert-OH is 1. The molecule has 2 atom stereocenters. The summed E-state index contributed by atoms with van der Waals surface area (Å²) in [6.07, 6.45) is 1.52. The first kappa shape index (κ1) is 13.2. The second kappa shape index (κ2) is 5.60. The SMILES string of the molecule is CC1COC(CO)CN1c1ccc(C(N)=S)cn1. The van der Waals surface area contributed by atoms with Crippen molar-refractivity contribution in [2.75, 3.05) is 24.7 Å². The van der Waals surface area contributed by atoms with Crippen molar-refractivity contribution in [2.45, 2.75) is 19.1 Å². The van der Waals surface area contributed by atoms with Gasteiger partial charge in [0, 0.05) is 18.3 Å². The third-order valence-corrected chi connectivity index (χ3v) is 3.27. The molecule has 18 heavy (non-hydrogen) atoms. The summed E-state index contributed by atoms with van der Waals surface area (Å²) in [6, 6.07) is 3.99. The minimum atomic E-state index is -0.154. The first-order valence-electron chi connectivity index (χ1n) is 5.86. The fourth-order valence-electron chi connectivity index (χ4n) is 1.95. The summed E-state index contributed by atoms with van der Waals surface area (Å²) >= 11 is 4.89. The highest BCUT2D eigenvalue weighted by Gasteiger charge is 2.26. The Balaban J connectivity index is 2.16. The van der Waals surface area contributed by atoms with E-state index < -0.39 is 0 Å². The van der Waals surface area contributed by atoms with Gasteiger partial charge >= 0.3 is 0 Å². The Kier molecular flexibility index (Phi) is 4.11. The van der Waals surface area contributed by atoms with E-state index in [1.807, 2.05) is 12.1 Å². The third kappa shape index (κ3) is 2.77. The zero-order valence-corrected chi connectivity index (χ0v) is 11.1. The standard InChI is InChI=1S/C12H17N3O2S/c1-8-7-17-10(6-16)5-15(8)11-3-2-9(4-14-11)12(13)18/h2-4,8,10,16H,5-7H2,1H3,(H2,13,18). The van der Waals surface area contributed by atoms with Gasteiger partial charge in [-0.1, -0.05) is 12.2 Å². The summed E-state index contributed by atoms with van der Waals surface area (Å²) in [6.45, 7) is 3.31. The van der Waals surface area contributed by atoms with Gasteiger partial charge in [0.05, 0.1) is 25.4 Å². The molecule has 2 heterocycles. The van der Waals surface area contributed by atoms with E-state index in [1.54, 1.807) is 6.20 Å². The van der Waals surface area contributed by atoms with Crippen LogP contribution in [0.15, 0.2) is 18.3 Å². The van der Waals surface area contributed by atoms with E-state index in [1.165, 1.54) is 0 Å². The number of rotatable bonds is 3. The monoisotopic (exact) mass is 267 g/mol. The van der Waals surface area contributed by atoms with E-state index >= 15 is 0 Å². The van der Waals surface area contributed by atoms with Gasteiger partial charge in [0.25, 0.3) is 0 Å². The first-order chi connectivity index (χ1) is 8.61. The summed E-state index contributed by atoms with van der Waals surface area (Å²) < 4.78 is 5.49. The maximum Gasteiger partial charge on any atom is 0.128 e. The largest absolute Gasteiger partial charge is 0.394 e. The fourth-order valence-corrected chi connectivity index (χ4v) is 2.07. The average Bonchev–Trinajstić information content (AvgIpc) is 2.39. The minimum absolute atomic E-state index is 0.0220. The molecule has 5 nitrogen and oxygen atoms in total. The maximum absolute atomic E-state index is 9.15. The zero-order valence-electron chi connectivity index (χ0n) is 10.2. The van der Waals surface area contributed by atoms with E-state index in [-0.39, 0.29) is 18.8 Å². The molecule has 1 aromatic rings. The van der Waals surface area contributed by atoms with Gasteiger partial charge in [-0.05, 0) is 19.1 Å². The quantitative estimate of drug-likeness (QED) is 0.768. The normalized spacial score (nSPS) is 24.0. The van der Waals surface area contributed by atoms with Crippen LogP contribution in [-0.2, 0) is 4.74 Å². The Morgan fingerprint density at radius 1 is 1.67 bits per heavy atom. The van der Waals surface area contributed by atoms with Crippen molar-refractivity contribution in [3.8, 4) is 0 Å². The molecule has 0 amide bonds. The van der Waals surface area contributed by atoms with Crippen LogP contribution in [0.1, 0.15) is 12.5 Å². The van der Waals surface area contributed by atoms with E-state index in [2.05, 4.69) is 16.8 Å². The number of nitrogens with zero attached hydrogens (tertiary/aromatic N) is 2. The number of hydrogen-bond acceptors (Lipinski definition) is 5. The highest BCUT2D eigenvalue weighted by Crippen LogP contribution is 2.19. The van der Waals surface area contributed by atoms with Crippen molar-refractivity contribution in [1.82, 2.24) is 4.98 Å². The summed E-state index contributed by atoms with van der Waals surface area (Å²) in [7, 11) is 0. The number of pyridine rings is 1. The lowest BCUT2D eigenvalue weighted by Gasteiger charge is -2.38. The smallest absolute Gasteiger partial charge is 0.128 e. The molecule has 0 radical (unpaired) electrons. The summed E-state index contributed by atoms with van der Waals surface area (Å²) in [5.41, 5.74) is 6.30. The van der Waals surface area contributed by atoms with Gasteiger partial charge in [-0.2, -0.15) is 0 Å². The predicted octanol–water partition coefficient (Wildman–Crippen LogP) is 0.302. The lowest BCUT2D eigenvalue weighted by atomic mass is 10.2. The molecule has 2 unspecified atom stereocenters. The molecule has 0 saturated carbocycles. The lowest BCUT2D eigenvalue weighted by molar-refractivity contribution is -0.0105. The van der Waals surface area contributed by atoms with Crippen LogP contribution in [-0.4, -0.2) is 47.0 Å². The molecule has 2 rings (SSSR count). The first-order valence-corrected chi connectivity index (χ1v) is 6.27. The van der Waals surface area contributed by atoms with Crippen molar-refractivity contribution >= 4 is 23.0 Å². The van der Waals surface area contributed by atoms with Crippen LogP contribution < -0.4 is 10.6 Å². The van der Waals surface area contributed by atoms with Crippen molar-refractivity contribution < 1.29 is 9.84 Å². The number of morpholine rings is 1. The summed E-state index contributed by atoms with van der Waals surface area (Å²) in [5, 5.41) is 9.15. The van der Waals surface area contributed by atoms with Crippen LogP contribution in [0.25, 0.3) is 0 Å². The molecular weight excluding hydrogens is 250 g/mol. The number of aromatic nitrogens is 1. The molecule has 3 N–H and O–H groups in total.